The fourth-order valence-corrected chi connectivity index (χ4v) is 4.07. The van der Waals surface area contributed by atoms with Crippen molar-refractivity contribution in [3.63, 3.8) is 0 Å². The first-order valence-electron chi connectivity index (χ1n) is 10.5. The molecule has 3 saturated heterocycles. The number of benzene rings is 1. The van der Waals surface area contributed by atoms with Crippen LogP contribution in [0.25, 0.3) is 0 Å². The highest BCUT2D eigenvalue weighted by Crippen LogP contribution is 2.44. The van der Waals surface area contributed by atoms with E-state index in [1.807, 2.05) is 31.2 Å². The number of fused-ring (bicyclic) bond motifs is 3. The van der Waals surface area contributed by atoms with Crippen molar-refractivity contribution in [2.75, 3.05) is 5.32 Å². The van der Waals surface area contributed by atoms with Gasteiger partial charge in [-0.15, -0.1) is 0 Å². The van der Waals surface area contributed by atoms with Crippen LogP contribution < -0.4 is 10.6 Å². The third kappa shape index (κ3) is 4.61. The Bertz CT molecular complexity index is 854. The van der Waals surface area contributed by atoms with Crippen LogP contribution in [0, 0.1) is 6.92 Å². The van der Waals surface area contributed by atoms with Gasteiger partial charge in [-0.05, 0) is 53.7 Å². The van der Waals surface area contributed by atoms with Gasteiger partial charge in [-0.25, -0.2) is 0 Å². The third-order valence-corrected chi connectivity index (χ3v) is 5.48. The van der Waals surface area contributed by atoms with E-state index in [1.165, 1.54) is 0 Å². The Morgan fingerprint density at radius 1 is 0.903 bits per heavy atom. The van der Waals surface area contributed by atoms with Crippen LogP contribution in [-0.2, 0) is 33.3 Å². The second-order valence-corrected chi connectivity index (χ2v) is 9.18. The van der Waals surface area contributed by atoms with Gasteiger partial charge in [0.1, 0.15) is 24.4 Å². The van der Waals surface area contributed by atoms with Crippen LogP contribution in [0.15, 0.2) is 24.3 Å². The number of anilines is 1. The maximum absolute atomic E-state index is 13.1. The first-order chi connectivity index (χ1) is 14.4. The van der Waals surface area contributed by atoms with Crippen LogP contribution in [-0.4, -0.2) is 60.1 Å². The van der Waals surface area contributed by atoms with Crippen molar-refractivity contribution in [2.24, 2.45) is 0 Å². The van der Waals surface area contributed by atoms with Gasteiger partial charge in [0.2, 0.25) is 5.91 Å². The zero-order chi connectivity index (χ0) is 22.6. The van der Waals surface area contributed by atoms with E-state index in [-0.39, 0.29) is 5.91 Å². The van der Waals surface area contributed by atoms with Crippen molar-refractivity contribution < 1.29 is 33.3 Å². The van der Waals surface area contributed by atoms with Crippen molar-refractivity contribution in [1.82, 2.24) is 5.32 Å². The molecule has 31 heavy (non-hydrogen) atoms. The lowest BCUT2D eigenvalue weighted by molar-refractivity contribution is -0.231. The Labute approximate surface area is 181 Å². The average molecular weight is 434 g/mol. The number of amides is 2. The summed E-state index contributed by atoms with van der Waals surface area (Å²) in [6.07, 6.45) is -3.54. The van der Waals surface area contributed by atoms with E-state index in [0.29, 0.717) is 5.69 Å². The van der Waals surface area contributed by atoms with Crippen LogP contribution in [0.3, 0.4) is 0 Å². The maximum atomic E-state index is 13.1. The van der Waals surface area contributed by atoms with E-state index < -0.39 is 54.2 Å². The number of ether oxygens (including phenoxy) is 5. The predicted molar refractivity (Wildman–Crippen MR) is 110 cm³/mol. The second-order valence-electron chi connectivity index (χ2n) is 9.18. The summed E-state index contributed by atoms with van der Waals surface area (Å²) in [4.78, 5) is 25.6. The van der Waals surface area contributed by atoms with Crippen molar-refractivity contribution in [3.05, 3.63) is 29.8 Å². The molecule has 1 aromatic carbocycles. The lowest BCUT2D eigenvalue weighted by Crippen LogP contribution is -2.60. The maximum Gasteiger partial charge on any atom is 0.252 e. The normalized spacial score (nSPS) is 33.8. The first kappa shape index (κ1) is 22.2. The van der Waals surface area contributed by atoms with Gasteiger partial charge in [0.25, 0.3) is 5.91 Å². The third-order valence-electron chi connectivity index (χ3n) is 5.48. The number of aryl methyl sites for hydroxylation is 1. The minimum Gasteiger partial charge on any atom is -0.342 e. The first-order valence-corrected chi connectivity index (χ1v) is 10.5. The van der Waals surface area contributed by atoms with Gasteiger partial charge >= 0.3 is 0 Å². The fourth-order valence-electron chi connectivity index (χ4n) is 4.07. The Morgan fingerprint density at radius 3 is 2.16 bits per heavy atom. The summed E-state index contributed by atoms with van der Waals surface area (Å²) in [5.41, 5.74) is 1.74. The molecule has 3 heterocycles. The van der Waals surface area contributed by atoms with Gasteiger partial charge in [0.05, 0.1) is 0 Å². The van der Waals surface area contributed by atoms with Gasteiger partial charge < -0.3 is 34.3 Å². The van der Waals surface area contributed by atoms with E-state index in [9.17, 15) is 9.59 Å². The molecule has 0 aromatic heterocycles. The van der Waals surface area contributed by atoms with E-state index in [1.54, 1.807) is 34.6 Å². The van der Waals surface area contributed by atoms with Gasteiger partial charge in [0.15, 0.2) is 24.0 Å². The summed E-state index contributed by atoms with van der Waals surface area (Å²) in [6.45, 7) is 10.7. The number of hydrogen-bond donors (Lipinski definition) is 2. The molecule has 1 aromatic rings. The molecule has 3 aliphatic rings. The standard InChI is InChI=1S/C22H30N2O7/c1-11-7-9-13(10-8-11)24-18(25)12(2)23-19(26)16-14-15(29-21(3,4)28-14)17-20(27-16)31-22(5,6)30-17/h7-10,12,14-17,20H,1-6H3,(H,23,26)(H,24,25)/t12-,14+,15+,16+,17+,20-/m1/s1. The number of carbonyl (C=O) groups is 2. The van der Waals surface area contributed by atoms with E-state index in [0.717, 1.165) is 5.56 Å². The molecule has 0 bridgehead atoms. The lowest BCUT2D eigenvalue weighted by atomic mass is 9.98. The van der Waals surface area contributed by atoms with Crippen LogP contribution in [0.5, 0.6) is 0 Å². The average Bonchev–Trinajstić information content (AvgIpc) is 3.16. The Kier molecular flexibility index (Phi) is 5.60. The summed E-state index contributed by atoms with van der Waals surface area (Å²) in [5, 5.41) is 5.50. The summed E-state index contributed by atoms with van der Waals surface area (Å²) in [7, 11) is 0. The molecule has 170 valence electrons. The Morgan fingerprint density at radius 2 is 1.48 bits per heavy atom. The highest BCUT2D eigenvalue weighted by molar-refractivity contribution is 5.97. The van der Waals surface area contributed by atoms with Crippen LogP contribution in [0.2, 0.25) is 0 Å². The Balaban J connectivity index is 1.44. The molecular weight excluding hydrogens is 404 g/mol. The molecule has 2 N–H and O–H groups in total. The van der Waals surface area contributed by atoms with Crippen LogP contribution in [0.1, 0.15) is 40.2 Å². The zero-order valence-electron chi connectivity index (χ0n) is 18.6. The molecule has 0 spiro atoms. The van der Waals surface area contributed by atoms with Gasteiger partial charge in [-0.3, -0.25) is 9.59 Å². The smallest absolute Gasteiger partial charge is 0.252 e. The van der Waals surface area contributed by atoms with Crippen molar-refractivity contribution >= 4 is 17.5 Å². The molecule has 0 aliphatic carbocycles. The van der Waals surface area contributed by atoms with E-state index in [2.05, 4.69) is 10.6 Å². The minimum atomic E-state index is -1.01. The molecule has 4 rings (SSSR count). The molecule has 9 heteroatoms. The fraction of sp³-hybridized carbons (Fsp3) is 0.636. The minimum absolute atomic E-state index is 0.340. The molecule has 2 amide bonds. The number of rotatable bonds is 4. The van der Waals surface area contributed by atoms with Crippen LogP contribution in [0.4, 0.5) is 5.69 Å². The summed E-state index contributed by atoms with van der Waals surface area (Å²) in [5.74, 6) is -2.60. The van der Waals surface area contributed by atoms with Gasteiger partial charge in [-0.1, -0.05) is 17.7 Å². The monoisotopic (exact) mass is 434 g/mol. The lowest BCUT2D eigenvalue weighted by Gasteiger charge is -2.36. The SMILES string of the molecule is Cc1ccc(NC(=O)[C@@H](C)NC(=O)[C@H]2O[C@@H]3OC(C)(C)O[C@H]3[C@H]3OC(C)(C)O[C@@H]32)cc1. The highest BCUT2D eigenvalue weighted by atomic mass is 16.9. The number of carbonyl (C=O) groups excluding carboxylic acids is 2. The number of hydrogen-bond acceptors (Lipinski definition) is 7. The molecule has 0 radical (unpaired) electrons. The number of nitrogens with one attached hydrogen (secondary N) is 2. The molecule has 3 fully saturated rings. The largest absolute Gasteiger partial charge is 0.342 e. The summed E-state index contributed by atoms with van der Waals surface area (Å²) < 4.78 is 29.7. The second kappa shape index (κ2) is 7.83. The quantitative estimate of drug-likeness (QED) is 0.745. The van der Waals surface area contributed by atoms with Crippen LogP contribution >= 0.6 is 0 Å². The predicted octanol–water partition coefficient (Wildman–Crippen LogP) is 1.83. The van der Waals surface area contributed by atoms with Crippen molar-refractivity contribution in [2.45, 2.75) is 89.9 Å². The molecule has 0 saturated carbocycles. The molecule has 3 aliphatic heterocycles. The molecular formula is C22H30N2O7. The summed E-state index contributed by atoms with van der Waals surface area (Å²) >= 11 is 0. The molecule has 9 nitrogen and oxygen atoms in total. The van der Waals surface area contributed by atoms with E-state index in [4.69, 9.17) is 23.7 Å². The van der Waals surface area contributed by atoms with Crippen molar-refractivity contribution in [3.8, 4) is 0 Å². The highest BCUT2D eigenvalue weighted by Gasteiger charge is 2.62. The van der Waals surface area contributed by atoms with Crippen molar-refractivity contribution in [1.29, 1.82) is 0 Å². The van der Waals surface area contributed by atoms with Gasteiger partial charge in [0, 0.05) is 5.69 Å². The Hall–Kier alpha value is -2.04. The molecule has 0 unspecified atom stereocenters. The molecule has 6 atom stereocenters. The topological polar surface area (TPSA) is 104 Å². The van der Waals surface area contributed by atoms with Gasteiger partial charge in [-0.2, -0.15) is 0 Å². The zero-order valence-corrected chi connectivity index (χ0v) is 18.6. The summed E-state index contributed by atoms with van der Waals surface area (Å²) in [6, 6.07) is 6.62. The van der Waals surface area contributed by atoms with E-state index >= 15 is 0 Å².